The van der Waals surface area contributed by atoms with Crippen molar-refractivity contribution in [2.45, 2.75) is 33.4 Å². The lowest BCUT2D eigenvalue weighted by Gasteiger charge is -2.24. The highest BCUT2D eigenvalue weighted by Crippen LogP contribution is 2.32. The van der Waals surface area contributed by atoms with E-state index < -0.39 is 12.0 Å². The van der Waals surface area contributed by atoms with Gasteiger partial charge in [0.1, 0.15) is 6.61 Å². The van der Waals surface area contributed by atoms with Gasteiger partial charge in [0.05, 0.1) is 35.1 Å². The van der Waals surface area contributed by atoms with Gasteiger partial charge in [0.25, 0.3) is 5.56 Å². The molecule has 0 fully saturated rings. The van der Waals surface area contributed by atoms with Crippen molar-refractivity contribution in [1.82, 2.24) is 4.57 Å². The van der Waals surface area contributed by atoms with Crippen molar-refractivity contribution in [3.05, 3.63) is 125 Å². The van der Waals surface area contributed by atoms with Gasteiger partial charge < -0.3 is 14.2 Å². The minimum atomic E-state index is -0.645. The number of thiazole rings is 1. The fourth-order valence-electron chi connectivity index (χ4n) is 4.67. The number of fused-ring (bicyclic) bond motifs is 1. The van der Waals surface area contributed by atoms with Crippen LogP contribution in [0.25, 0.3) is 6.08 Å². The normalized spacial score (nSPS) is 14.8. The highest BCUT2D eigenvalue weighted by atomic mass is 35.5. The maximum atomic E-state index is 13.8. The van der Waals surface area contributed by atoms with Crippen LogP contribution < -0.4 is 24.4 Å². The molecular formula is C32H29ClN2O5S. The number of esters is 1. The van der Waals surface area contributed by atoms with Gasteiger partial charge >= 0.3 is 5.97 Å². The summed E-state index contributed by atoms with van der Waals surface area (Å²) in [5, 5.41) is 0.632. The van der Waals surface area contributed by atoms with E-state index in [1.165, 1.54) is 11.3 Å². The molecule has 1 aliphatic heterocycles. The Morgan fingerprint density at radius 2 is 1.76 bits per heavy atom. The Kier molecular flexibility index (Phi) is 8.71. The zero-order valence-electron chi connectivity index (χ0n) is 22.9. The molecule has 0 saturated heterocycles. The average molecular weight is 589 g/mol. The predicted octanol–water partition coefficient (Wildman–Crippen LogP) is 5.43. The molecule has 7 nitrogen and oxygen atoms in total. The SMILES string of the molecule is CCOC(=O)C1=C(C)N=c2sc(=Cc3ccc(OCc4ccccc4Cl)c(OCC)c3)c(=O)n2C1c1ccccc1. The number of hydrogen-bond donors (Lipinski definition) is 0. The third-order valence-electron chi connectivity index (χ3n) is 6.54. The van der Waals surface area contributed by atoms with E-state index in [1.54, 1.807) is 24.5 Å². The molecule has 0 saturated carbocycles. The molecule has 41 heavy (non-hydrogen) atoms. The summed E-state index contributed by atoms with van der Waals surface area (Å²) in [6.45, 7) is 6.39. The molecule has 0 bridgehead atoms. The van der Waals surface area contributed by atoms with Gasteiger partial charge in [0.15, 0.2) is 16.3 Å². The number of nitrogens with zero attached hydrogens (tertiary/aromatic N) is 2. The molecule has 9 heteroatoms. The number of halogens is 1. The van der Waals surface area contributed by atoms with Gasteiger partial charge in [-0.1, -0.05) is 77.5 Å². The molecule has 0 aliphatic carbocycles. The molecule has 5 rings (SSSR count). The molecule has 0 spiro atoms. The largest absolute Gasteiger partial charge is 0.490 e. The Morgan fingerprint density at radius 3 is 2.49 bits per heavy atom. The van der Waals surface area contributed by atoms with Crippen LogP contribution in [0, 0.1) is 0 Å². The number of aromatic nitrogens is 1. The molecule has 1 unspecified atom stereocenters. The number of ether oxygens (including phenoxy) is 3. The van der Waals surface area contributed by atoms with Gasteiger partial charge in [0, 0.05) is 10.6 Å². The summed E-state index contributed by atoms with van der Waals surface area (Å²) in [6.07, 6.45) is 1.80. The number of allylic oxidation sites excluding steroid dienone is 1. The topological polar surface area (TPSA) is 79.1 Å². The van der Waals surface area contributed by atoms with Gasteiger partial charge in [0.2, 0.25) is 0 Å². The number of carbonyl (C=O) groups is 1. The van der Waals surface area contributed by atoms with Crippen molar-refractivity contribution in [3.8, 4) is 11.5 Å². The van der Waals surface area contributed by atoms with E-state index in [4.69, 9.17) is 25.8 Å². The molecule has 2 heterocycles. The van der Waals surface area contributed by atoms with Crippen molar-refractivity contribution in [2.24, 2.45) is 4.99 Å². The molecule has 0 radical (unpaired) electrons. The first-order valence-electron chi connectivity index (χ1n) is 13.3. The molecule has 0 N–H and O–H groups in total. The van der Waals surface area contributed by atoms with Gasteiger partial charge in [-0.3, -0.25) is 9.36 Å². The van der Waals surface area contributed by atoms with Gasteiger partial charge in [-0.05, 0) is 56.2 Å². The van der Waals surface area contributed by atoms with Crippen LogP contribution in [-0.4, -0.2) is 23.8 Å². The molecule has 3 aromatic carbocycles. The van der Waals surface area contributed by atoms with E-state index in [0.29, 0.717) is 50.3 Å². The van der Waals surface area contributed by atoms with Crippen LogP contribution in [0.5, 0.6) is 11.5 Å². The summed E-state index contributed by atoms with van der Waals surface area (Å²) in [5.74, 6) is 0.651. The van der Waals surface area contributed by atoms with E-state index in [1.807, 2.05) is 79.7 Å². The number of hydrogen-bond acceptors (Lipinski definition) is 7. The Balaban J connectivity index is 1.55. The minimum Gasteiger partial charge on any atom is -0.490 e. The number of benzene rings is 3. The van der Waals surface area contributed by atoms with Crippen LogP contribution in [-0.2, 0) is 16.1 Å². The first kappa shape index (κ1) is 28.4. The first-order valence-corrected chi connectivity index (χ1v) is 14.5. The Morgan fingerprint density at radius 1 is 1.00 bits per heavy atom. The third-order valence-corrected chi connectivity index (χ3v) is 7.89. The smallest absolute Gasteiger partial charge is 0.338 e. The van der Waals surface area contributed by atoms with Crippen LogP contribution in [0.3, 0.4) is 0 Å². The first-order chi connectivity index (χ1) is 19.9. The van der Waals surface area contributed by atoms with Crippen LogP contribution in [0.4, 0.5) is 0 Å². The second-order valence-corrected chi connectivity index (χ2v) is 10.6. The van der Waals surface area contributed by atoms with Crippen molar-refractivity contribution in [2.75, 3.05) is 13.2 Å². The zero-order valence-corrected chi connectivity index (χ0v) is 24.5. The standard InChI is InChI=1S/C32H29ClN2O5S/c1-4-38-26-17-21(15-16-25(26)40-19-23-13-9-10-14-24(23)33)18-27-30(36)35-29(22-11-7-6-8-12-22)28(31(37)39-5-2)20(3)34-32(35)41-27/h6-18,29H,4-5,19H2,1-3H3. The minimum absolute atomic E-state index is 0.224. The van der Waals surface area contributed by atoms with Crippen LogP contribution >= 0.6 is 22.9 Å². The van der Waals surface area contributed by atoms with E-state index in [9.17, 15) is 9.59 Å². The molecular weight excluding hydrogens is 560 g/mol. The summed E-state index contributed by atoms with van der Waals surface area (Å²) < 4.78 is 19.3. The second-order valence-electron chi connectivity index (χ2n) is 9.23. The Bertz CT molecular complexity index is 1790. The summed E-state index contributed by atoms with van der Waals surface area (Å²) in [6, 6.07) is 21.9. The lowest BCUT2D eigenvalue weighted by atomic mass is 9.96. The van der Waals surface area contributed by atoms with Crippen molar-refractivity contribution in [3.63, 3.8) is 0 Å². The number of rotatable bonds is 9. The second kappa shape index (κ2) is 12.6. The van der Waals surface area contributed by atoms with Crippen LogP contribution in [0.2, 0.25) is 5.02 Å². The van der Waals surface area contributed by atoms with Gasteiger partial charge in [-0.15, -0.1) is 0 Å². The van der Waals surface area contributed by atoms with E-state index in [0.717, 1.165) is 16.7 Å². The maximum Gasteiger partial charge on any atom is 0.338 e. The fourth-order valence-corrected chi connectivity index (χ4v) is 5.90. The molecule has 0 amide bonds. The van der Waals surface area contributed by atoms with Crippen molar-refractivity contribution < 1.29 is 19.0 Å². The van der Waals surface area contributed by atoms with E-state index in [2.05, 4.69) is 4.99 Å². The molecule has 1 atom stereocenters. The molecule has 1 aromatic heterocycles. The van der Waals surface area contributed by atoms with Crippen molar-refractivity contribution in [1.29, 1.82) is 0 Å². The Hall–Kier alpha value is -4.14. The zero-order chi connectivity index (χ0) is 28.9. The van der Waals surface area contributed by atoms with Gasteiger partial charge in [-0.25, -0.2) is 9.79 Å². The summed E-state index contributed by atoms with van der Waals surface area (Å²) >= 11 is 7.56. The van der Waals surface area contributed by atoms with Crippen LogP contribution in [0.1, 0.15) is 43.5 Å². The summed E-state index contributed by atoms with van der Waals surface area (Å²) in [7, 11) is 0. The highest BCUT2D eigenvalue weighted by molar-refractivity contribution is 7.07. The predicted molar refractivity (Wildman–Crippen MR) is 160 cm³/mol. The fraction of sp³-hybridized carbons (Fsp3) is 0.219. The summed E-state index contributed by atoms with van der Waals surface area (Å²) in [4.78, 5) is 32.0. The lowest BCUT2D eigenvalue weighted by Crippen LogP contribution is -2.39. The molecule has 1 aliphatic rings. The number of carbonyl (C=O) groups excluding carboxylic acids is 1. The van der Waals surface area contributed by atoms with Crippen LogP contribution in [0.15, 0.2) is 93.9 Å². The quantitative estimate of drug-likeness (QED) is 0.244. The van der Waals surface area contributed by atoms with Crippen molar-refractivity contribution >= 4 is 35.0 Å². The van der Waals surface area contributed by atoms with Gasteiger partial charge in [-0.2, -0.15) is 0 Å². The van der Waals surface area contributed by atoms with E-state index >= 15 is 0 Å². The average Bonchev–Trinajstić information content (AvgIpc) is 3.27. The Labute approximate surface area is 246 Å². The van der Waals surface area contributed by atoms with E-state index in [-0.39, 0.29) is 12.2 Å². The lowest BCUT2D eigenvalue weighted by molar-refractivity contribution is -0.139. The third kappa shape index (κ3) is 5.99. The highest BCUT2D eigenvalue weighted by Gasteiger charge is 2.33. The summed E-state index contributed by atoms with van der Waals surface area (Å²) in [5.41, 5.74) is 3.08. The monoisotopic (exact) mass is 588 g/mol. The molecule has 210 valence electrons. The maximum absolute atomic E-state index is 13.8. The molecule has 4 aromatic rings.